The van der Waals surface area contributed by atoms with Gasteiger partial charge in [-0.15, -0.1) is 0 Å². The molecule has 0 saturated heterocycles. The van der Waals surface area contributed by atoms with Crippen LogP contribution in [0, 0.1) is 0 Å². The smallest absolute Gasteiger partial charge is 0.389 e. The number of likely N-dealkylation sites (N-methyl/N-ethyl adjacent to an activating group) is 1. The number of carbonyl (C=O) groups excluding carboxylic acids is 1. The number of halogens is 3. The summed E-state index contributed by atoms with van der Waals surface area (Å²) in [6, 6.07) is 0. The van der Waals surface area contributed by atoms with Crippen LogP contribution >= 0.6 is 0 Å². The highest BCUT2D eigenvalue weighted by Gasteiger charge is 2.27. The Labute approximate surface area is 98.3 Å². The van der Waals surface area contributed by atoms with E-state index in [0.717, 1.165) is 0 Å². The first-order valence-electron chi connectivity index (χ1n) is 5.12. The molecule has 0 radical (unpaired) electrons. The molecule has 0 bridgehead atoms. The lowest BCUT2D eigenvalue weighted by Crippen LogP contribution is -2.40. The van der Waals surface area contributed by atoms with E-state index in [2.05, 4.69) is 4.74 Å². The lowest BCUT2D eigenvalue weighted by atomic mass is 10.1. The number of carbonyl (C=O) groups is 1. The standard InChI is InChI=1S/C10H18F3NO3/c1-9(2,16)6-14(3)8(15)4-5-17-7-10(11,12)13/h16H,4-7H2,1-3H3. The lowest BCUT2D eigenvalue weighted by molar-refractivity contribution is -0.175. The maximum absolute atomic E-state index is 11.7. The predicted octanol–water partition coefficient (Wildman–Crippen LogP) is 1.18. The molecule has 17 heavy (non-hydrogen) atoms. The van der Waals surface area contributed by atoms with Crippen LogP contribution in [0.1, 0.15) is 20.3 Å². The van der Waals surface area contributed by atoms with Crippen molar-refractivity contribution in [1.82, 2.24) is 4.90 Å². The molecule has 7 heteroatoms. The minimum Gasteiger partial charge on any atom is -0.389 e. The number of aliphatic hydroxyl groups is 1. The molecule has 0 aliphatic carbocycles. The van der Waals surface area contributed by atoms with E-state index in [1.54, 1.807) is 0 Å². The molecule has 0 aromatic heterocycles. The molecule has 0 fully saturated rings. The lowest BCUT2D eigenvalue weighted by Gasteiger charge is -2.25. The minimum atomic E-state index is -4.37. The summed E-state index contributed by atoms with van der Waals surface area (Å²) >= 11 is 0. The van der Waals surface area contributed by atoms with Gasteiger partial charge in [0, 0.05) is 13.6 Å². The third-order valence-corrected chi connectivity index (χ3v) is 1.78. The summed E-state index contributed by atoms with van der Waals surface area (Å²) < 4.78 is 39.4. The van der Waals surface area contributed by atoms with Crippen LogP contribution < -0.4 is 0 Å². The van der Waals surface area contributed by atoms with E-state index in [4.69, 9.17) is 0 Å². The highest BCUT2D eigenvalue weighted by atomic mass is 19.4. The Morgan fingerprint density at radius 2 is 1.88 bits per heavy atom. The molecule has 0 saturated carbocycles. The molecule has 1 amide bonds. The first kappa shape index (κ1) is 16.2. The molecule has 1 N–H and O–H groups in total. The predicted molar refractivity (Wildman–Crippen MR) is 55.4 cm³/mol. The number of nitrogens with zero attached hydrogens (tertiary/aromatic N) is 1. The molecule has 0 spiro atoms. The number of alkyl halides is 3. The molecule has 0 heterocycles. The summed E-state index contributed by atoms with van der Waals surface area (Å²) in [5.41, 5.74) is -1.03. The van der Waals surface area contributed by atoms with Crippen LogP contribution in [0.5, 0.6) is 0 Å². The van der Waals surface area contributed by atoms with Crippen LogP contribution in [-0.2, 0) is 9.53 Å². The number of hydrogen-bond donors (Lipinski definition) is 1. The summed E-state index contributed by atoms with van der Waals surface area (Å²) in [5.74, 6) is -0.366. The number of hydrogen-bond acceptors (Lipinski definition) is 3. The normalized spacial score (nSPS) is 12.6. The summed E-state index contributed by atoms with van der Waals surface area (Å²) in [7, 11) is 1.48. The van der Waals surface area contributed by atoms with Gasteiger partial charge in [0.2, 0.25) is 5.91 Å². The molecule has 0 atom stereocenters. The van der Waals surface area contributed by atoms with Crippen molar-refractivity contribution < 1.29 is 27.8 Å². The molecule has 102 valence electrons. The number of amides is 1. The van der Waals surface area contributed by atoms with Crippen molar-refractivity contribution in [3.05, 3.63) is 0 Å². The van der Waals surface area contributed by atoms with Gasteiger partial charge in [-0.1, -0.05) is 0 Å². The number of rotatable bonds is 6. The Hall–Kier alpha value is -0.820. The summed E-state index contributed by atoms with van der Waals surface area (Å²) in [6.45, 7) is 1.56. The van der Waals surface area contributed by atoms with E-state index < -0.39 is 18.4 Å². The van der Waals surface area contributed by atoms with Crippen molar-refractivity contribution in [1.29, 1.82) is 0 Å². The average molecular weight is 257 g/mol. The van der Waals surface area contributed by atoms with Crippen molar-refractivity contribution in [3.8, 4) is 0 Å². The summed E-state index contributed by atoms with van der Waals surface area (Å²) in [6.07, 6.45) is -4.51. The van der Waals surface area contributed by atoms with E-state index in [0.29, 0.717) is 0 Å². The van der Waals surface area contributed by atoms with Crippen molar-refractivity contribution in [2.45, 2.75) is 32.0 Å². The van der Waals surface area contributed by atoms with Crippen molar-refractivity contribution >= 4 is 5.91 Å². The highest BCUT2D eigenvalue weighted by molar-refractivity contribution is 5.76. The topological polar surface area (TPSA) is 49.8 Å². The van der Waals surface area contributed by atoms with E-state index in [1.165, 1.54) is 25.8 Å². The molecule has 0 aliphatic heterocycles. The molecule has 0 aromatic carbocycles. The van der Waals surface area contributed by atoms with Gasteiger partial charge in [-0.25, -0.2) is 0 Å². The van der Waals surface area contributed by atoms with Gasteiger partial charge in [0.25, 0.3) is 0 Å². The quantitative estimate of drug-likeness (QED) is 0.727. The molecular weight excluding hydrogens is 239 g/mol. The third-order valence-electron chi connectivity index (χ3n) is 1.78. The van der Waals surface area contributed by atoms with Crippen molar-refractivity contribution in [2.75, 3.05) is 26.8 Å². The van der Waals surface area contributed by atoms with Crippen molar-refractivity contribution in [3.63, 3.8) is 0 Å². The number of ether oxygens (including phenoxy) is 1. The van der Waals surface area contributed by atoms with E-state index in [1.807, 2.05) is 0 Å². The minimum absolute atomic E-state index is 0.116. The van der Waals surface area contributed by atoms with Gasteiger partial charge in [-0.05, 0) is 13.8 Å². The van der Waals surface area contributed by atoms with Gasteiger partial charge in [-0.2, -0.15) is 13.2 Å². The van der Waals surface area contributed by atoms with Crippen LogP contribution in [0.4, 0.5) is 13.2 Å². The monoisotopic (exact) mass is 257 g/mol. The first-order chi connectivity index (χ1) is 7.51. The van der Waals surface area contributed by atoms with E-state index in [9.17, 15) is 23.1 Å². The van der Waals surface area contributed by atoms with E-state index in [-0.39, 0.29) is 25.5 Å². The fourth-order valence-corrected chi connectivity index (χ4v) is 1.21. The second-order valence-corrected chi connectivity index (χ2v) is 4.48. The Balaban J connectivity index is 3.80. The van der Waals surface area contributed by atoms with E-state index >= 15 is 0 Å². The molecule has 0 unspecified atom stereocenters. The maximum Gasteiger partial charge on any atom is 0.411 e. The van der Waals surface area contributed by atoms with Crippen LogP contribution in [0.15, 0.2) is 0 Å². The van der Waals surface area contributed by atoms with Gasteiger partial charge in [0.15, 0.2) is 0 Å². The van der Waals surface area contributed by atoms with Crippen LogP contribution in [0.3, 0.4) is 0 Å². The van der Waals surface area contributed by atoms with Gasteiger partial charge in [-0.3, -0.25) is 4.79 Å². The Kier molecular flexibility index (Phi) is 5.91. The average Bonchev–Trinajstić information content (AvgIpc) is 2.07. The fraction of sp³-hybridized carbons (Fsp3) is 0.900. The molecule has 0 rings (SSSR count). The summed E-state index contributed by atoms with van der Waals surface area (Å²) in [4.78, 5) is 12.7. The largest absolute Gasteiger partial charge is 0.411 e. The highest BCUT2D eigenvalue weighted by Crippen LogP contribution is 2.14. The molecule has 4 nitrogen and oxygen atoms in total. The first-order valence-corrected chi connectivity index (χ1v) is 5.12. The van der Waals surface area contributed by atoms with Gasteiger partial charge < -0.3 is 14.7 Å². The van der Waals surface area contributed by atoms with Crippen LogP contribution in [0.25, 0.3) is 0 Å². The van der Waals surface area contributed by atoms with Crippen molar-refractivity contribution in [2.24, 2.45) is 0 Å². The zero-order valence-corrected chi connectivity index (χ0v) is 10.2. The fourth-order valence-electron chi connectivity index (χ4n) is 1.21. The summed E-state index contributed by atoms with van der Waals surface area (Å²) in [5, 5.41) is 9.44. The SMILES string of the molecule is CN(CC(C)(C)O)C(=O)CCOCC(F)(F)F. The zero-order chi connectivity index (χ0) is 13.7. The van der Waals surface area contributed by atoms with Gasteiger partial charge >= 0.3 is 6.18 Å². The van der Waals surface area contributed by atoms with Gasteiger partial charge in [0.05, 0.1) is 18.6 Å². The third kappa shape index (κ3) is 10.1. The molecular formula is C10H18F3NO3. The Bertz CT molecular complexity index is 248. The Morgan fingerprint density at radius 1 is 1.35 bits per heavy atom. The molecule has 0 aromatic rings. The maximum atomic E-state index is 11.7. The Morgan fingerprint density at radius 3 is 2.29 bits per heavy atom. The van der Waals surface area contributed by atoms with Crippen LogP contribution in [-0.4, -0.2) is 54.5 Å². The van der Waals surface area contributed by atoms with Crippen LogP contribution in [0.2, 0.25) is 0 Å². The van der Waals surface area contributed by atoms with Gasteiger partial charge in [0.1, 0.15) is 6.61 Å². The zero-order valence-electron chi connectivity index (χ0n) is 10.2. The second-order valence-electron chi connectivity index (χ2n) is 4.48. The molecule has 0 aliphatic rings. The second kappa shape index (κ2) is 6.20.